The fourth-order valence-electron chi connectivity index (χ4n) is 1.65. The van der Waals surface area contributed by atoms with Crippen LogP contribution >= 0.6 is 0 Å². The highest BCUT2D eigenvalue weighted by Gasteiger charge is 1.96. The van der Waals surface area contributed by atoms with Gasteiger partial charge in [0.25, 0.3) is 0 Å². The molecule has 0 aliphatic carbocycles. The zero-order valence-corrected chi connectivity index (χ0v) is 11.6. The Morgan fingerprint density at radius 2 is 1.78 bits per heavy atom. The molecule has 0 unspecified atom stereocenters. The summed E-state index contributed by atoms with van der Waals surface area (Å²) in [4.78, 5) is 0. The third kappa shape index (κ3) is 5.58. The summed E-state index contributed by atoms with van der Waals surface area (Å²) >= 11 is 0. The highest BCUT2D eigenvalue weighted by Crippen LogP contribution is 2.03. The maximum Gasteiger partial charge on any atom is 0.0917 e. The molecular weight excluding hydrogens is 220 g/mol. The van der Waals surface area contributed by atoms with Crippen LogP contribution in [0.4, 0.5) is 0 Å². The molecule has 0 aliphatic heterocycles. The van der Waals surface area contributed by atoms with Gasteiger partial charge in [-0.3, -0.25) is 0 Å². The van der Waals surface area contributed by atoms with Crippen LogP contribution in [0.15, 0.2) is 48.8 Å². The molecule has 0 atom stereocenters. The fourth-order valence-corrected chi connectivity index (χ4v) is 1.65. The Hall–Kier alpha value is -1.70. The third-order valence-corrected chi connectivity index (χ3v) is 2.78. The minimum absolute atomic E-state index is 0.798. The molecule has 0 bridgehead atoms. The summed E-state index contributed by atoms with van der Waals surface area (Å²) in [6, 6.07) is 8.50. The second-order valence-corrected chi connectivity index (χ2v) is 4.67. The van der Waals surface area contributed by atoms with Gasteiger partial charge in [0.05, 0.1) is 5.82 Å². The molecule has 1 aromatic carbocycles. The molecule has 0 saturated carbocycles. The smallest absolute Gasteiger partial charge is 0.0917 e. The number of hydrogen-bond acceptors (Lipinski definition) is 2. The normalized spacial score (nSPS) is 9.89. The topological polar surface area (TPSA) is 24.1 Å². The summed E-state index contributed by atoms with van der Waals surface area (Å²) in [5, 5.41) is 6.51. The molecule has 0 radical (unpaired) electrons. The number of nitrogens with one attached hydrogen (secondary N) is 2. The van der Waals surface area contributed by atoms with Crippen LogP contribution in [-0.2, 0) is 6.54 Å². The van der Waals surface area contributed by atoms with Crippen molar-refractivity contribution in [2.75, 3.05) is 6.54 Å². The fraction of sp³-hybridized carbons (Fsp3) is 0.375. The van der Waals surface area contributed by atoms with Gasteiger partial charge in [0, 0.05) is 13.1 Å². The number of aryl methyl sites for hydroxylation is 1. The van der Waals surface area contributed by atoms with Crippen LogP contribution in [0.1, 0.15) is 30.9 Å². The average Bonchev–Trinajstić information content (AvgIpc) is 2.36. The molecule has 1 aromatic rings. The van der Waals surface area contributed by atoms with Crippen molar-refractivity contribution < 1.29 is 0 Å². The van der Waals surface area contributed by atoms with E-state index in [-0.39, 0.29) is 0 Å². The predicted octanol–water partition coefficient (Wildman–Crippen LogP) is 3.50. The molecule has 0 aromatic heterocycles. The van der Waals surface area contributed by atoms with Gasteiger partial charge in [-0.05, 0) is 18.9 Å². The van der Waals surface area contributed by atoms with E-state index in [2.05, 4.69) is 61.9 Å². The Morgan fingerprint density at radius 3 is 2.39 bits per heavy atom. The van der Waals surface area contributed by atoms with Crippen molar-refractivity contribution in [3.8, 4) is 0 Å². The van der Waals surface area contributed by atoms with Gasteiger partial charge in [-0.1, -0.05) is 61.9 Å². The van der Waals surface area contributed by atoms with Crippen molar-refractivity contribution in [1.82, 2.24) is 10.6 Å². The van der Waals surface area contributed by atoms with E-state index in [1.807, 2.05) is 0 Å². The van der Waals surface area contributed by atoms with Gasteiger partial charge in [-0.2, -0.15) is 0 Å². The standard InChI is InChI=1S/C16H24N2/c1-5-6-14(3)11-17-15(4)18-12-16-9-7-13(2)8-10-16/h7-10,17-18H,3-6,11-12H2,1-2H3. The largest absolute Gasteiger partial charge is 0.369 e. The van der Waals surface area contributed by atoms with Crippen molar-refractivity contribution in [1.29, 1.82) is 0 Å². The number of hydrogen-bond donors (Lipinski definition) is 2. The van der Waals surface area contributed by atoms with E-state index in [1.165, 1.54) is 16.7 Å². The summed E-state index contributed by atoms with van der Waals surface area (Å²) in [5.41, 5.74) is 3.76. The lowest BCUT2D eigenvalue weighted by Gasteiger charge is -2.13. The Kier molecular flexibility index (Phi) is 6.06. The molecule has 0 spiro atoms. The number of benzene rings is 1. The van der Waals surface area contributed by atoms with Crippen LogP contribution in [0.5, 0.6) is 0 Å². The van der Waals surface area contributed by atoms with E-state index in [0.29, 0.717) is 0 Å². The van der Waals surface area contributed by atoms with Gasteiger partial charge in [-0.25, -0.2) is 0 Å². The van der Waals surface area contributed by atoms with Crippen LogP contribution in [0.3, 0.4) is 0 Å². The quantitative estimate of drug-likeness (QED) is 0.684. The van der Waals surface area contributed by atoms with Crippen molar-refractivity contribution >= 4 is 0 Å². The Bertz CT molecular complexity index is 390. The molecule has 2 nitrogen and oxygen atoms in total. The molecule has 0 fully saturated rings. The molecule has 98 valence electrons. The maximum atomic E-state index is 4.01. The van der Waals surface area contributed by atoms with Gasteiger partial charge >= 0.3 is 0 Å². The lowest BCUT2D eigenvalue weighted by atomic mass is 10.1. The first-order chi connectivity index (χ1) is 8.61. The van der Waals surface area contributed by atoms with Crippen molar-refractivity contribution in [3.05, 3.63) is 59.9 Å². The summed E-state index contributed by atoms with van der Waals surface area (Å²) in [7, 11) is 0. The summed E-state index contributed by atoms with van der Waals surface area (Å²) in [6.45, 7) is 13.8. The van der Waals surface area contributed by atoms with Crippen molar-refractivity contribution in [2.45, 2.75) is 33.2 Å². The van der Waals surface area contributed by atoms with E-state index in [9.17, 15) is 0 Å². The molecule has 18 heavy (non-hydrogen) atoms. The van der Waals surface area contributed by atoms with E-state index in [0.717, 1.165) is 31.8 Å². The molecular formula is C16H24N2. The summed E-state index contributed by atoms with van der Waals surface area (Å²) in [6.07, 6.45) is 2.21. The molecule has 0 aliphatic rings. The van der Waals surface area contributed by atoms with Gasteiger partial charge < -0.3 is 10.6 Å². The molecule has 1 rings (SSSR count). The molecule has 2 heteroatoms. The SMILES string of the molecule is C=C(CCC)CNC(=C)NCc1ccc(C)cc1. The van der Waals surface area contributed by atoms with Crippen LogP contribution in [-0.4, -0.2) is 6.54 Å². The Balaban J connectivity index is 2.24. The Morgan fingerprint density at radius 1 is 1.11 bits per heavy atom. The van der Waals surface area contributed by atoms with E-state index in [4.69, 9.17) is 0 Å². The Labute approximate surface area is 111 Å². The first kappa shape index (κ1) is 14.4. The highest BCUT2D eigenvalue weighted by atomic mass is 15.1. The lowest BCUT2D eigenvalue weighted by Crippen LogP contribution is -2.26. The van der Waals surface area contributed by atoms with E-state index < -0.39 is 0 Å². The maximum absolute atomic E-state index is 4.01. The van der Waals surface area contributed by atoms with Crippen LogP contribution < -0.4 is 10.6 Å². The first-order valence-corrected chi connectivity index (χ1v) is 6.50. The van der Waals surface area contributed by atoms with Crippen molar-refractivity contribution in [3.63, 3.8) is 0 Å². The average molecular weight is 244 g/mol. The third-order valence-electron chi connectivity index (χ3n) is 2.78. The van der Waals surface area contributed by atoms with Gasteiger partial charge in [0.2, 0.25) is 0 Å². The second kappa shape index (κ2) is 7.59. The monoisotopic (exact) mass is 244 g/mol. The van der Waals surface area contributed by atoms with Crippen LogP contribution in [0.2, 0.25) is 0 Å². The van der Waals surface area contributed by atoms with Gasteiger partial charge in [0.1, 0.15) is 0 Å². The minimum Gasteiger partial charge on any atom is -0.369 e. The number of rotatable bonds is 8. The summed E-state index contributed by atoms with van der Waals surface area (Å²) < 4.78 is 0. The molecule has 0 heterocycles. The van der Waals surface area contributed by atoms with Crippen molar-refractivity contribution in [2.24, 2.45) is 0 Å². The molecule has 0 saturated heterocycles. The van der Waals surface area contributed by atoms with E-state index in [1.54, 1.807) is 0 Å². The van der Waals surface area contributed by atoms with Gasteiger partial charge in [-0.15, -0.1) is 0 Å². The zero-order chi connectivity index (χ0) is 13.4. The van der Waals surface area contributed by atoms with Crippen LogP contribution in [0.25, 0.3) is 0 Å². The lowest BCUT2D eigenvalue weighted by molar-refractivity contribution is 0.698. The second-order valence-electron chi connectivity index (χ2n) is 4.67. The van der Waals surface area contributed by atoms with E-state index >= 15 is 0 Å². The molecule has 2 N–H and O–H groups in total. The minimum atomic E-state index is 0.798. The molecule has 0 amide bonds. The van der Waals surface area contributed by atoms with Crippen LogP contribution in [0, 0.1) is 6.92 Å². The first-order valence-electron chi connectivity index (χ1n) is 6.50. The highest BCUT2D eigenvalue weighted by molar-refractivity contribution is 5.21. The van der Waals surface area contributed by atoms with Gasteiger partial charge in [0.15, 0.2) is 0 Å². The zero-order valence-electron chi connectivity index (χ0n) is 11.6. The summed E-state index contributed by atoms with van der Waals surface area (Å²) in [5.74, 6) is 0.854. The predicted molar refractivity (Wildman–Crippen MR) is 79.2 cm³/mol.